The molecule has 11 heteroatoms. The Bertz CT molecular complexity index is 2450. The second-order valence-electron chi connectivity index (χ2n) is 15.9. The first-order valence-electron chi connectivity index (χ1n) is 20.7. The summed E-state index contributed by atoms with van der Waals surface area (Å²) in [5.41, 5.74) is 8.33. The van der Waals surface area contributed by atoms with Crippen molar-refractivity contribution in [2.45, 2.75) is 69.3 Å². The molecule has 0 bridgehead atoms. The summed E-state index contributed by atoms with van der Waals surface area (Å²) in [7, 11) is -1.87. The molecule has 61 heavy (non-hydrogen) atoms. The van der Waals surface area contributed by atoms with Crippen LogP contribution in [0.3, 0.4) is 0 Å². The van der Waals surface area contributed by atoms with Crippen LogP contribution in [0.4, 0.5) is 0 Å². The fourth-order valence-electron chi connectivity index (χ4n) is 7.63. The largest absolute Gasteiger partial charge is 0.392 e. The van der Waals surface area contributed by atoms with Gasteiger partial charge < -0.3 is 24.8 Å². The normalized spacial score (nSPS) is 18.4. The average molecular weight is 839 g/mol. The van der Waals surface area contributed by atoms with Crippen LogP contribution in [0.2, 0.25) is 0 Å². The lowest BCUT2D eigenvalue weighted by Crippen LogP contribution is -2.47. The van der Waals surface area contributed by atoms with Gasteiger partial charge in [0.1, 0.15) is 6.04 Å². The second-order valence-corrected chi connectivity index (χ2v) is 17.6. The van der Waals surface area contributed by atoms with Crippen LogP contribution in [-0.4, -0.2) is 61.6 Å². The Kier molecular flexibility index (Phi) is 14.5. The summed E-state index contributed by atoms with van der Waals surface area (Å²) in [6, 6.07) is 44.9. The van der Waals surface area contributed by atoms with Gasteiger partial charge in [0.25, 0.3) is 0 Å². The highest BCUT2D eigenvalue weighted by molar-refractivity contribution is 7.89. The summed E-state index contributed by atoms with van der Waals surface area (Å²) in [6.07, 6.45) is 1.81. The van der Waals surface area contributed by atoms with Crippen molar-refractivity contribution in [1.82, 2.24) is 19.9 Å². The van der Waals surface area contributed by atoms with Gasteiger partial charge in [-0.2, -0.15) is 4.72 Å². The van der Waals surface area contributed by atoms with E-state index in [0.717, 1.165) is 63.2 Å². The van der Waals surface area contributed by atoms with Gasteiger partial charge >= 0.3 is 0 Å². The Morgan fingerprint density at radius 1 is 0.787 bits per heavy atom. The minimum Gasteiger partial charge on any atom is -0.392 e. The Morgan fingerprint density at radius 3 is 2.21 bits per heavy atom. The van der Waals surface area contributed by atoms with Crippen LogP contribution in [0.15, 0.2) is 157 Å². The minimum atomic E-state index is -3.97. The van der Waals surface area contributed by atoms with Crippen LogP contribution in [0.1, 0.15) is 58.4 Å². The number of sulfonamides is 1. The second kappa shape index (κ2) is 20.4. The molecule has 1 saturated heterocycles. The van der Waals surface area contributed by atoms with Gasteiger partial charge in [0, 0.05) is 49.4 Å². The topological polar surface area (TPSA) is 130 Å². The third-order valence-electron chi connectivity index (χ3n) is 11.2. The fraction of sp³-hybridized carbons (Fsp3) is 0.280. The molecule has 0 radical (unpaired) electrons. The summed E-state index contributed by atoms with van der Waals surface area (Å²) in [6.45, 7) is 5.76. The molecule has 7 rings (SSSR count). The average Bonchev–Trinajstić information content (AvgIpc) is 3.29. The van der Waals surface area contributed by atoms with Crippen molar-refractivity contribution >= 4 is 15.9 Å². The number of benzene rings is 5. The van der Waals surface area contributed by atoms with Crippen LogP contribution in [0, 0.1) is 12.8 Å². The number of nitrogens with zero attached hydrogens (tertiary/aromatic N) is 2. The number of likely N-dealkylation sites (N-methyl/N-ethyl adjacent to an activating group) is 1. The summed E-state index contributed by atoms with van der Waals surface area (Å²) >= 11 is 0. The molecule has 5 atom stereocenters. The number of aliphatic hydroxyl groups excluding tert-OH is 1. The van der Waals surface area contributed by atoms with Crippen molar-refractivity contribution in [3.8, 4) is 11.1 Å². The Hall–Kier alpha value is -5.53. The first kappa shape index (κ1) is 43.6. The first-order valence-corrected chi connectivity index (χ1v) is 22.2. The lowest BCUT2D eigenvalue weighted by molar-refractivity contribution is -0.275. The van der Waals surface area contributed by atoms with Gasteiger partial charge in [-0.1, -0.05) is 122 Å². The lowest BCUT2D eigenvalue weighted by atomic mass is 9.90. The Morgan fingerprint density at radius 2 is 1.49 bits per heavy atom. The van der Waals surface area contributed by atoms with E-state index in [4.69, 9.17) is 9.47 Å². The number of amides is 1. The van der Waals surface area contributed by atoms with E-state index in [1.54, 1.807) is 24.3 Å². The van der Waals surface area contributed by atoms with Crippen LogP contribution >= 0.6 is 0 Å². The number of ether oxygens (including phenoxy) is 2. The molecule has 6 aromatic rings. The van der Waals surface area contributed by atoms with Gasteiger partial charge in [0.05, 0.1) is 23.7 Å². The van der Waals surface area contributed by atoms with E-state index in [-0.39, 0.29) is 42.6 Å². The van der Waals surface area contributed by atoms with Crippen LogP contribution in [0.25, 0.3) is 11.1 Å². The number of carbonyl (C=O) groups is 1. The number of rotatable bonds is 17. The molecule has 1 aliphatic heterocycles. The van der Waals surface area contributed by atoms with E-state index in [2.05, 4.69) is 40.0 Å². The van der Waals surface area contributed by atoms with E-state index >= 15 is 0 Å². The van der Waals surface area contributed by atoms with Crippen molar-refractivity contribution < 1.29 is 27.8 Å². The lowest BCUT2D eigenvalue weighted by Gasteiger charge is -2.42. The molecule has 1 aliphatic rings. The zero-order chi connectivity index (χ0) is 42.8. The standard InChI is InChI=1S/C50H54N4O6S/c1-35-18-24-45(25-19-35)61(57,58)53-46(30-37-11-5-4-6-12-37)49(56)52-32-39-13-9-14-41(29-39)42-15-10-16-43(31-42)50-59-47(33-54(3)28-26-44-17-7-8-27-51-44)36(2)48(60-50)40-22-20-38(34-55)21-23-40/h4-25,27,29,31,36,46-48,50,53,55H,26,28,30,32-34H2,1-3H3,(H,52,56). The first-order chi connectivity index (χ1) is 29.5. The van der Waals surface area contributed by atoms with Crippen molar-refractivity contribution in [3.63, 3.8) is 0 Å². The number of aryl methyl sites for hydroxylation is 1. The third-order valence-corrected chi connectivity index (χ3v) is 12.7. The molecule has 0 spiro atoms. The number of hydrogen-bond acceptors (Lipinski definition) is 8. The SMILES string of the molecule is Cc1ccc(S(=O)(=O)NC(Cc2ccccc2)C(=O)NCc2cccc(-c3cccc(C4OC(CN(C)CCc5ccccn5)C(C)C(c5ccc(CO)cc5)O4)c3)c2)cc1. The van der Waals surface area contributed by atoms with E-state index in [0.29, 0.717) is 6.54 Å². The van der Waals surface area contributed by atoms with E-state index < -0.39 is 28.3 Å². The van der Waals surface area contributed by atoms with Gasteiger partial charge in [0.15, 0.2) is 6.29 Å². The maximum Gasteiger partial charge on any atom is 0.241 e. The molecule has 2 heterocycles. The highest BCUT2D eigenvalue weighted by atomic mass is 32.2. The fourth-order valence-corrected chi connectivity index (χ4v) is 8.82. The van der Waals surface area contributed by atoms with Gasteiger partial charge in [-0.25, -0.2) is 8.42 Å². The molecule has 0 saturated carbocycles. The van der Waals surface area contributed by atoms with E-state index in [1.807, 2.05) is 128 Å². The molecule has 316 valence electrons. The minimum absolute atomic E-state index is 0.0258. The Balaban J connectivity index is 1.07. The molecule has 1 amide bonds. The summed E-state index contributed by atoms with van der Waals surface area (Å²) < 4.78 is 43.1. The number of nitrogens with one attached hydrogen (secondary N) is 2. The molecular formula is C50H54N4O6S. The predicted molar refractivity (Wildman–Crippen MR) is 238 cm³/mol. The number of hydrogen-bond donors (Lipinski definition) is 3. The van der Waals surface area contributed by atoms with Crippen LogP contribution < -0.4 is 10.0 Å². The predicted octanol–water partition coefficient (Wildman–Crippen LogP) is 7.72. The van der Waals surface area contributed by atoms with Gasteiger partial charge in [-0.05, 0) is 90.2 Å². The highest BCUT2D eigenvalue weighted by Crippen LogP contribution is 2.42. The highest BCUT2D eigenvalue weighted by Gasteiger charge is 2.39. The van der Waals surface area contributed by atoms with Crippen molar-refractivity contribution in [1.29, 1.82) is 0 Å². The van der Waals surface area contributed by atoms with E-state index in [9.17, 15) is 18.3 Å². The number of pyridine rings is 1. The molecule has 3 N–H and O–H groups in total. The van der Waals surface area contributed by atoms with Crippen LogP contribution in [0.5, 0.6) is 0 Å². The Labute approximate surface area is 359 Å². The zero-order valence-electron chi connectivity index (χ0n) is 34.9. The molecular weight excluding hydrogens is 785 g/mol. The molecule has 5 unspecified atom stereocenters. The monoisotopic (exact) mass is 838 g/mol. The van der Waals surface area contributed by atoms with Crippen LogP contribution in [-0.2, 0) is 50.3 Å². The molecule has 10 nitrogen and oxygen atoms in total. The molecule has 5 aromatic carbocycles. The van der Waals surface area contributed by atoms with Gasteiger partial charge in [-0.3, -0.25) is 9.78 Å². The summed E-state index contributed by atoms with van der Waals surface area (Å²) in [5.74, 6) is -0.390. The molecule has 1 aromatic heterocycles. The number of carbonyl (C=O) groups excluding carboxylic acids is 1. The van der Waals surface area contributed by atoms with Crippen molar-refractivity contribution in [2.24, 2.45) is 5.92 Å². The van der Waals surface area contributed by atoms with Crippen molar-refractivity contribution in [3.05, 3.63) is 191 Å². The summed E-state index contributed by atoms with van der Waals surface area (Å²) in [4.78, 5) is 20.6. The van der Waals surface area contributed by atoms with Crippen molar-refractivity contribution in [2.75, 3.05) is 20.1 Å². The number of aromatic nitrogens is 1. The maximum atomic E-state index is 13.8. The zero-order valence-corrected chi connectivity index (χ0v) is 35.7. The van der Waals surface area contributed by atoms with E-state index in [1.165, 1.54) is 0 Å². The maximum absolute atomic E-state index is 13.8. The molecule has 1 fully saturated rings. The molecule has 0 aliphatic carbocycles. The quantitative estimate of drug-likeness (QED) is 0.0852. The number of aliphatic hydroxyl groups is 1. The summed E-state index contributed by atoms with van der Waals surface area (Å²) in [5, 5.41) is 12.7. The van der Waals surface area contributed by atoms with Gasteiger partial charge in [0.2, 0.25) is 15.9 Å². The smallest absolute Gasteiger partial charge is 0.241 e. The third kappa shape index (κ3) is 11.6. The van der Waals surface area contributed by atoms with Gasteiger partial charge in [-0.15, -0.1) is 0 Å².